The first-order valence-electron chi connectivity index (χ1n) is 6.25. The standard InChI is InChI=1S/C14H23BrN2/c1-5-6-10(2)17(4)12-7-8-13(11(3)16)14(15)9-12/h7-11H,5-6,16H2,1-4H3/t10?,11-/m1/s1. The summed E-state index contributed by atoms with van der Waals surface area (Å²) in [4.78, 5) is 2.32. The van der Waals surface area contributed by atoms with Gasteiger partial charge in [-0.05, 0) is 38.0 Å². The van der Waals surface area contributed by atoms with E-state index in [9.17, 15) is 0 Å². The molecule has 0 heterocycles. The second kappa shape index (κ2) is 6.41. The molecule has 0 aliphatic carbocycles. The van der Waals surface area contributed by atoms with Gasteiger partial charge in [0.1, 0.15) is 0 Å². The lowest BCUT2D eigenvalue weighted by Crippen LogP contribution is -2.28. The number of halogens is 1. The second-order valence-electron chi connectivity index (χ2n) is 4.74. The van der Waals surface area contributed by atoms with Gasteiger partial charge in [-0.15, -0.1) is 0 Å². The third-order valence-electron chi connectivity index (χ3n) is 3.25. The number of rotatable bonds is 5. The number of hydrogen-bond acceptors (Lipinski definition) is 2. The molecule has 1 unspecified atom stereocenters. The molecule has 3 heteroatoms. The summed E-state index contributed by atoms with van der Waals surface area (Å²) < 4.78 is 1.10. The van der Waals surface area contributed by atoms with Crippen molar-refractivity contribution in [2.75, 3.05) is 11.9 Å². The van der Waals surface area contributed by atoms with Gasteiger partial charge in [0.25, 0.3) is 0 Å². The largest absolute Gasteiger partial charge is 0.372 e. The van der Waals surface area contributed by atoms with Crippen LogP contribution in [0.2, 0.25) is 0 Å². The van der Waals surface area contributed by atoms with Gasteiger partial charge in [0.15, 0.2) is 0 Å². The van der Waals surface area contributed by atoms with E-state index in [1.54, 1.807) is 0 Å². The van der Waals surface area contributed by atoms with E-state index in [4.69, 9.17) is 5.73 Å². The highest BCUT2D eigenvalue weighted by Crippen LogP contribution is 2.28. The van der Waals surface area contributed by atoms with E-state index >= 15 is 0 Å². The van der Waals surface area contributed by atoms with Crippen molar-refractivity contribution < 1.29 is 0 Å². The Hall–Kier alpha value is -0.540. The Morgan fingerprint density at radius 2 is 2.00 bits per heavy atom. The predicted molar refractivity (Wildman–Crippen MR) is 79.5 cm³/mol. The van der Waals surface area contributed by atoms with Crippen molar-refractivity contribution >= 4 is 21.6 Å². The van der Waals surface area contributed by atoms with E-state index in [0.717, 1.165) is 10.0 Å². The predicted octanol–water partition coefficient (Wildman–Crippen LogP) is 4.09. The van der Waals surface area contributed by atoms with Crippen LogP contribution in [0.25, 0.3) is 0 Å². The van der Waals surface area contributed by atoms with Crippen LogP contribution >= 0.6 is 15.9 Å². The SMILES string of the molecule is CCCC(C)N(C)c1ccc([C@@H](C)N)c(Br)c1. The van der Waals surface area contributed by atoms with Crippen LogP contribution in [0.15, 0.2) is 22.7 Å². The summed E-state index contributed by atoms with van der Waals surface area (Å²) in [5.74, 6) is 0. The molecule has 0 saturated heterocycles. The van der Waals surface area contributed by atoms with Crippen molar-refractivity contribution in [3.63, 3.8) is 0 Å². The number of hydrogen-bond donors (Lipinski definition) is 1. The smallest absolute Gasteiger partial charge is 0.0377 e. The van der Waals surface area contributed by atoms with E-state index in [0.29, 0.717) is 6.04 Å². The first kappa shape index (κ1) is 14.5. The number of nitrogens with zero attached hydrogens (tertiary/aromatic N) is 1. The van der Waals surface area contributed by atoms with Gasteiger partial charge in [-0.25, -0.2) is 0 Å². The van der Waals surface area contributed by atoms with Crippen LogP contribution in [0.3, 0.4) is 0 Å². The third-order valence-corrected chi connectivity index (χ3v) is 3.94. The highest BCUT2D eigenvalue weighted by atomic mass is 79.9. The average molecular weight is 299 g/mol. The molecule has 1 rings (SSSR count). The van der Waals surface area contributed by atoms with Crippen LogP contribution in [0.4, 0.5) is 5.69 Å². The Balaban J connectivity index is 2.89. The maximum Gasteiger partial charge on any atom is 0.0377 e. The fourth-order valence-corrected chi connectivity index (χ4v) is 2.70. The van der Waals surface area contributed by atoms with Gasteiger partial charge in [0.2, 0.25) is 0 Å². The molecule has 0 amide bonds. The zero-order valence-electron chi connectivity index (χ0n) is 11.2. The molecule has 0 spiro atoms. The summed E-state index contributed by atoms with van der Waals surface area (Å²) in [5, 5.41) is 0. The van der Waals surface area contributed by atoms with Gasteiger partial charge in [-0.1, -0.05) is 35.3 Å². The number of nitrogens with two attached hydrogens (primary N) is 1. The molecule has 0 aliphatic heterocycles. The third kappa shape index (κ3) is 3.71. The molecule has 1 aromatic carbocycles. The fourth-order valence-electron chi connectivity index (χ4n) is 1.97. The van der Waals surface area contributed by atoms with Gasteiger partial charge in [0.05, 0.1) is 0 Å². The van der Waals surface area contributed by atoms with Crippen LogP contribution in [-0.4, -0.2) is 13.1 Å². The normalized spacial score (nSPS) is 14.5. The molecule has 17 heavy (non-hydrogen) atoms. The summed E-state index contributed by atoms with van der Waals surface area (Å²) in [5.41, 5.74) is 8.30. The topological polar surface area (TPSA) is 29.3 Å². The van der Waals surface area contributed by atoms with Crippen LogP contribution in [-0.2, 0) is 0 Å². The second-order valence-corrected chi connectivity index (χ2v) is 5.60. The van der Waals surface area contributed by atoms with Crippen LogP contribution < -0.4 is 10.6 Å². The van der Waals surface area contributed by atoms with Crippen molar-refractivity contribution in [1.82, 2.24) is 0 Å². The van der Waals surface area contributed by atoms with Crippen molar-refractivity contribution in [1.29, 1.82) is 0 Å². The monoisotopic (exact) mass is 298 g/mol. The molecule has 2 N–H and O–H groups in total. The van der Waals surface area contributed by atoms with Crippen molar-refractivity contribution in [3.8, 4) is 0 Å². The van der Waals surface area contributed by atoms with E-state index in [1.165, 1.54) is 18.5 Å². The lowest BCUT2D eigenvalue weighted by Gasteiger charge is -2.27. The zero-order chi connectivity index (χ0) is 13.0. The minimum atomic E-state index is 0.0665. The average Bonchev–Trinajstić information content (AvgIpc) is 2.27. The zero-order valence-corrected chi connectivity index (χ0v) is 12.8. The van der Waals surface area contributed by atoms with Gasteiger partial charge >= 0.3 is 0 Å². The summed E-state index contributed by atoms with van der Waals surface area (Å²) in [6, 6.07) is 7.05. The maximum atomic E-state index is 5.90. The molecule has 0 bridgehead atoms. The van der Waals surface area contributed by atoms with Gasteiger partial charge in [-0.3, -0.25) is 0 Å². The fraction of sp³-hybridized carbons (Fsp3) is 0.571. The molecule has 0 fully saturated rings. The first-order chi connectivity index (χ1) is 7.97. The molecule has 2 atom stereocenters. The highest BCUT2D eigenvalue weighted by molar-refractivity contribution is 9.10. The Morgan fingerprint density at radius 1 is 1.35 bits per heavy atom. The Bertz CT molecular complexity index is 363. The van der Waals surface area contributed by atoms with E-state index in [1.807, 2.05) is 6.92 Å². The van der Waals surface area contributed by atoms with Gasteiger partial charge in [0, 0.05) is 29.3 Å². The minimum Gasteiger partial charge on any atom is -0.372 e. The van der Waals surface area contributed by atoms with Crippen LogP contribution in [0.1, 0.15) is 45.2 Å². The number of anilines is 1. The molecule has 2 nitrogen and oxygen atoms in total. The van der Waals surface area contributed by atoms with Crippen molar-refractivity contribution in [3.05, 3.63) is 28.2 Å². The van der Waals surface area contributed by atoms with Gasteiger partial charge in [-0.2, -0.15) is 0 Å². The molecule has 1 aromatic rings. The summed E-state index contributed by atoms with van der Waals surface area (Å²) in [6.07, 6.45) is 2.42. The van der Waals surface area contributed by atoms with Crippen LogP contribution in [0.5, 0.6) is 0 Å². The Kier molecular flexibility index (Phi) is 5.47. The lowest BCUT2D eigenvalue weighted by atomic mass is 10.1. The molecule has 96 valence electrons. The maximum absolute atomic E-state index is 5.90. The van der Waals surface area contributed by atoms with E-state index < -0.39 is 0 Å². The minimum absolute atomic E-state index is 0.0665. The Morgan fingerprint density at radius 3 is 2.47 bits per heavy atom. The molecule has 0 aromatic heterocycles. The van der Waals surface area contributed by atoms with Crippen molar-refractivity contribution in [2.45, 2.75) is 45.7 Å². The molecular formula is C14H23BrN2. The number of benzene rings is 1. The van der Waals surface area contributed by atoms with Gasteiger partial charge < -0.3 is 10.6 Å². The van der Waals surface area contributed by atoms with Crippen molar-refractivity contribution in [2.24, 2.45) is 5.73 Å². The molecule has 0 aliphatic rings. The molecule has 0 saturated carbocycles. The van der Waals surface area contributed by atoms with Crippen LogP contribution in [0, 0.1) is 0 Å². The van der Waals surface area contributed by atoms with E-state index in [-0.39, 0.29) is 6.04 Å². The first-order valence-corrected chi connectivity index (χ1v) is 7.04. The summed E-state index contributed by atoms with van der Waals surface area (Å²) in [7, 11) is 2.15. The highest BCUT2D eigenvalue weighted by Gasteiger charge is 2.11. The summed E-state index contributed by atoms with van der Waals surface area (Å²) >= 11 is 3.60. The Labute approximate surface area is 113 Å². The molecule has 0 radical (unpaired) electrons. The lowest BCUT2D eigenvalue weighted by molar-refractivity contribution is 0.616. The van der Waals surface area contributed by atoms with E-state index in [2.05, 4.69) is 59.9 Å². The quantitative estimate of drug-likeness (QED) is 0.887. The molecular weight excluding hydrogens is 276 g/mol. The summed E-state index contributed by atoms with van der Waals surface area (Å²) in [6.45, 7) is 6.49.